The molecule has 0 aromatic carbocycles. The van der Waals surface area contributed by atoms with Gasteiger partial charge in [-0.15, -0.1) is 0 Å². The normalized spacial score (nSPS) is 12.5. The van der Waals surface area contributed by atoms with Crippen molar-refractivity contribution in [1.29, 1.82) is 0 Å². The van der Waals surface area contributed by atoms with E-state index in [9.17, 15) is 4.79 Å². The minimum atomic E-state index is -1.05. The highest BCUT2D eigenvalue weighted by molar-refractivity contribution is 5.85. The second-order valence-corrected chi connectivity index (χ2v) is 3.63. The van der Waals surface area contributed by atoms with Crippen LogP contribution in [-0.4, -0.2) is 24.7 Å². The Balaban J connectivity index is 4.28. The fourth-order valence-corrected chi connectivity index (χ4v) is 1.14. The zero-order chi connectivity index (χ0) is 13.5. The van der Waals surface area contributed by atoms with Gasteiger partial charge in [0.1, 0.15) is 0 Å². The summed E-state index contributed by atoms with van der Waals surface area (Å²) < 4.78 is 20.4. The number of ether oxygens (including phenoxy) is 4. The van der Waals surface area contributed by atoms with E-state index in [0.717, 1.165) is 0 Å². The van der Waals surface area contributed by atoms with E-state index in [1.54, 1.807) is 27.7 Å². The molecule has 0 fully saturated rings. The van der Waals surface area contributed by atoms with E-state index in [1.165, 1.54) is 6.26 Å². The first kappa shape index (κ1) is 15.5. The van der Waals surface area contributed by atoms with Gasteiger partial charge in [-0.3, -0.25) is 0 Å². The smallest absolute Gasteiger partial charge is 0.373 e. The number of esters is 1. The highest BCUT2D eigenvalue weighted by Crippen LogP contribution is 2.18. The minimum Gasteiger partial charge on any atom is -0.473 e. The van der Waals surface area contributed by atoms with Gasteiger partial charge in [0.05, 0.1) is 12.9 Å². The second kappa shape index (κ2) is 6.96. The molecule has 0 rings (SSSR count). The molecule has 0 aliphatic rings. The molecule has 1 unspecified atom stereocenters. The maximum Gasteiger partial charge on any atom is 0.373 e. The summed E-state index contributed by atoms with van der Waals surface area (Å²) in [5.41, 5.74) is 0. The van der Waals surface area contributed by atoms with Crippen LogP contribution >= 0.6 is 0 Å². The van der Waals surface area contributed by atoms with Gasteiger partial charge in [-0.1, -0.05) is 6.58 Å². The van der Waals surface area contributed by atoms with Crippen LogP contribution in [0.2, 0.25) is 0 Å². The fraction of sp³-hybridized carbons (Fsp3) is 0.583. The van der Waals surface area contributed by atoms with Gasteiger partial charge in [0.15, 0.2) is 6.29 Å². The van der Waals surface area contributed by atoms with E-state index in [1.807, 2.05) is 0 Å². The average Bonchev–Trinajstić information content (AvgIpc) is 2.16. The van der Waals surface area contributed by atoms with Gasteiger partial charge < -0.3 is 18.9 Å². The van der Waals surface area contributed by atoms with Crippen molar-refractivity contribution in [1.82, 2.24) is 0 Å². The molecule has 0 aliphatic carbocycles. The number of hydrogen-bond acceptors (Lipinski definition) is 5. The van der Waals surface area contributed by atoms with Gasteiger partial charge >= 0.3 is 5.97 Å². The molecule has 0 N–H and O–H groups in total. The van der Waals surface area contributed by atoms with Crippen LogP contribution in [0.5, 0.6) is 0 Å². The Kier molecular flexibility index (Phi) is 6.35. The largest absolute Gasteiger partial charge is 0.473 e. The number of rotatable bonds is 8. The zero-order valence-corrected chi connectivity index (χ0v) is 10.8. The molecular formula is C12H20O5. The third-order valence-corrected chi connectivity index (χ3v) is 1.61. The Bertz CT molecular complexity index is 283. The lowest BCUT2D eigenvalue weighted by atomic mass is 10.3. The summed E-state index contributed by atoms with van der Waals surface area (Å²) in [4.78, 5) is 11.3. The van der Waals surface area contributed by atoms with Crippen LogP contribution in [-0.2, 0) is 23.7 Å². The van der Waals surface area contributed by atoms with Crippen molar-refractivity contribution >= 4 is 5.97 Å². The van der Waals surface area contributed by atoms with Crippen LogP contribution in [0.3, 0.4) is 0 Å². The third kappa shape index (κ3) is 6.63. The Morgan fingerprint density at radius 3 is 2.53 bits per heavy atom. The second-order valence-electron chi connectivity index (χ2n) is 3.63. The van der Waals surface area contributed by atoms with Crippen LogP contribution in [0.1, 0.15) is 27.7 Å². The molecule has 0 aliphatic heterocycles. The molecule has 1 atom stereocenters. The first-order valence-corrected chi connectivity index (χ1v) is 5.31. The van der Waals surface area contributed by atoms with Crippen molar-refractivity contribution in [3.05, 3.63) is 25.2 Å². The Labute approximate surface area is 102 Å². The van der Waals surface area contributed by atoms with Gasteiger partial charge in [-0.05, 0) is 20.4 Å². The van der Waals surface area contributed by atoms with Gasteiger partial charge in [0.2, 0.25) is 11.5 Å². The molecule has 5 nitrogen and oxygen atoms in total. The van der Waals surface area contributed by atoms with E-state index in [0.29, 0.717) is 0 Å². The van der Waals surface area contributed by atoms with Gasteiger partial charge in [-0.2, -0.15) is 0 Å². The molecule has 0 bridgehead atoms. The monoisotopic (exact) mass is 244 g/mol. The van der Waals surface area contributed by atoms with E-state index < -0.39 is 18.0 Å². The summed E-state index contributed by atoms with van der Waals surface area (Å²) in [7, 11) is 0. The van der Waals surface area contributed by atoms with Crippen molar-refractivity contribution in [3.63, 3.8) is 0 Å². The molecular weight excluding hydrogens is 224 g/mol. The van der Waals surface area contributed by atoms with Crippen LogP contribution in [0.25, 0.3) is 0 Å². The molecule has 0 saturated carbocycles. The predicted molar refractivity (Wildman–Crippen MR) is 62.8 cm³/mol. The predicted octanol–water partition coefficient (Wildman–Crippen LogP) is 2.34. The lowest BCUT2D eigenvalue weighted by molar-refractivity contribution is -0.263. The van der Waals surface area contributed by atoms with E-state index >= 15 is 0 Å². The third-order valence-electron chi connectivity index (χ3n) is 1.61. The molecule has 0 aromatic heterocycles. The summed E-state index contributed by atoms with van der Waals surface area (Å²) in [5, 5.41) is 0. The Hall–Kier alpha value is -1.49. The minimum absolute atomic E-state index is 0.109. The van der Waals surface area contributed by atoms with Crippen LogP contribution < -0.4 is 0 Å². The van der Waals surface area contributed by atoms with Crippen molar-refractivity contribution in [2.45, 2.75) is 39.8 Å². The molecule has 17 heavy (non-hydrogen) atoms. The molecule has 0 heterocycles. The molecule has 0 amide bonds. The molecule has 98 valence electrons. The van der Waals surface area contributed by atoms with Crippen molar-refractivity contribution in [2.75, 3.05) is 6.61 Å². The maximum absolute atomic E-state index is 11.3. The number of hydrogen-bond donors (Lipinski definition) is 0. The molecule has 0 saturated heterocycles. The summed E-state index contributed by atoms with van der Waals surface area (Å²) in [5.74, 6) is -1.77. The number of carbonyl (C=O) groups excluding carboxylic acids is 1. The van der Waals surface area contributed by atoms with Crippen molar-refractivity contribution in [2.24, 2.45) is 0 Å². The van der Waals surface area contributed by atoms with Crippen molar-refractivity contribution < 1.29 is 23.7 Å². The quantitative estimate of drug-likeness (QED) is 0.284. The van der Waals surface area contributed by atoms with Gasteiger partial charge in [-0.25, -0.2) is 4.79 Å². The van der Waals surface area contributed by atoms with Gasteiger partial charge in [0.25, 0.3) is 0 Å². The highest BCUT2D eigenvalue weighted by atomic mass is 16.8. The highest BCUT2D eigenvalue weighted by Gasteiger charge is 2.27. The number of carbonyl (C=O) groups is 1. The molecule has 5 heteroatoms. The summed E-state index contributed by atoms with van der Waals surface area (Å²) in [6.45, 7) is 13.8. The summed E-state index contributed by atoms with van der Waals surface area (Å²) in [6, 6.07) is 0. The molecule has 0 spiro atoms. The van der Waals surface area contributed by atoms with Crippen molar-refractivity contribution in [3.8, 4) is 0 Å². The Morgan fingerprint density at radius 2 is 2.06 bits per heavy atom. The lowest BCUT2D eigenvalue weighted by Crippen LogP contribution is -2.34. The topological polar surface area (TPSA) is 54.0 Å². The van der Waals surface area contributed by atoms with Crippen LogP contribution in [0.4, 0.5) is 0 Å². The maximum atomic E-state index is 11.3. The first-order chi connectivity index (χ1) is 7.82. The summed E-state index contributed by atoms with van der Waals surface area (Å²) in [6.07, 6.45) is 0.721. The molecule has 0 aromatic rings. The van der Waals surface area contributed by atoms with Crippen LogP contribution in [0, 0.1) is 0 Å². The van der Waals surface area contributed by atoms with E-state index in [4.69, 9.17) is 18.9 Å². The van der Waals surface area contributed by atoms with E-state index in [-0.39, 0.29) is 12.4 Å². The first-order valence-electron chi connectivity index (χ1n) is 5.31. The Morgan fingerprint density at radius 1 is 1.47 bits per heavy atom. The van der Waals surface area contributed by atoms with E-state index in [2.05, 4.69) is 13.2 Å². The lowest BCUT2D eigenvalue weighted by Gasteiger charge is -2.29. The van der Waals surface area contributed by atoms with Crippen LogP contribution in [0.15, 0.2) is 25.2 Å². The average molecular weight is 244 g/mol. The fourth-order valence-electron chi connectivity index (χ4n) is 1.14. The summed E-state index contributed by atoms with van der Waals surface area (Å²) >= 11 is 0. The standard InChI is InChI=1S/C12H20O5/c1-7-14-10(4)17-12(5,6)16-9(3)11(13)15-8-2/h7,10H,1,3,8H2,2,4-6H3. The SMILES string of the molecule is C=COC(C)OC(C)(C)OC(=C)C(=O)OCC. The van der Waals surface area contributed by atoms with Gasteiger partial charge in [0, 0.05) is 13.8 Å². The zero-order valence-electron chi connectivity index (χ0n) is 10.8. The molecule has 0 radical (unpaired) electrons.